The van der Waals surface area contributed by atoms with E-state index in [1.54, 1.807) is 0 Å². The van der Waals surface area contributed by atoms with Crippen molar-refractivity contribution in [3.63, 3.8) is 0 Å². The van der Waals surface area contributed by atoms with E-state index in [0.717, 1.165) is 30.5 Å². The molecule has 0 saturated carbocycles. The summed E-state index contributed by atoms with van der Waals surface area (Å²) in [5.74, 6) is -2.66. The van der Waals surface area contributed by atoms with Crippen molar-refractivity contribution in [2.75, 3.05) is 0 Å². The van der Waals surface area contributed by atoms with Crippen molar-refractivity contribution in [1.82, 2.24) is 0 Å². The van der Waals surface area contributed by atoms with Gasteiger partial charge in [0.15, 0.2) is 0 Å². The average molecular weight is 276 g/mol. The predicted molar refractivity (Wildman–Crippen MR) is 58.2 cm³/mol. The fourth-order valence-electron chi connectivity index (χ4n) is 1.98. The highest BCUT2D eigenvalue weighted by molar-refractivity contribution is 7.93. The Morgan fingerprint density at radius 3 is 2.44 bits per heavy atom. The third-order valence-electron chi connectivity index (χ3n) is 2.97. The van der Waals surface area contributed by atoms with Gasteiger partial charge in [-0.25, -0.2) is 13.2 Å². The van der Waals surface area contributed by atoms with Crippen LogP contribution in [0.3, 0.4) is 0 Å². The van der Waals surface area contributed by atoms with Gasteiger partial charge in [-0.15, -0.1) is 0 Å². The van der Waals surface area contributed by atoms with Crippen LogP contribution in [0, 0.1) is 0 Å². The number of carboxylic acids is 1. The number of rotatable bonds is 3. The normalized spacial score (nSPS) is 15.4. The Kier molecular flexibility index (Phi) is 2.89. The molecular formula is C11H10F2O4S. The highest BCUT2D eigenvalue weighted by atomic mass is 32.2. The van der Waals surface area contributed by atoms with Crippen LogP contribution in [-0.2, 0) is 27.5 Å². The average Bonchev–Trinajstić information content (AvgIpc) is 2.75. The molecule has 0 aliphatic heterocycles. The second-order valence-corrected chi connectivity index (χ2v) is 6.10. The second kappa shape index (κ2) is 4.01. The molecule has 0 aromatic heterocycles. The van der Waals surface area contributed by atoms with Crippen molar-refractivity contribution < 1.29 is 27.1 Å². The lowest BCUT2D eigenvalue weighted by Gasteiger charge is -2.13. The van der Waals surface area contributed by atoms with Gasteiger partial charge in [0.25, 0.3) is 9.84 Å². The van der Waals surface area contributed by atoms with Crippen molar-refractivity contribution in [3.05, 3.63) is 29.3 Å². The molecular weight excluding hydrogens is 266 g/mol. The zero-order valence-electron chi connectivity index (χ0n) is 9.19. The number of sulfone groups is 1. The van der Waals surface area contributed by atoms with Crippen LogP contribution in [0.25, 0.3) is 0 Å². The Morgan fingerprint density at radius 2 is 1.83 bits per heavy atom. The third kappa shape index (κ3) is 1.78. The third-order valence-corrected chi connectivity index (χ3v) is 4.69. The largest absolute Gasteiger partial charge is 0.476 e. The Morgan fingerprint density at radius 1 is 1.22 bits per heavy atom. The fourth-order valence-corrected chi connectivity index (χ4v) is 3.05. The summed E-state index contributed by atoms with van der Waals surface area (Å²) < 4.78 is 49.5. The molecule has 1 aromatic carbocycles. The monoisotopic (exact) mass is 276 g/mol. The summed E-state index contributed by atoms with van der Waals surface area (Å²) in [5.41, 5.74) is 1.62. The molecule has 4 nitrogen and oxygen atoms in total. The first-order valence-corrected chi connectivity index (χ1v) is 6.73. The molecule has 1 aliphatic carbocycles. The molecule has 2 rings (SSSR count). The van der Waals surface area contributed by atoms with Gasteiger partial charge in [0, 0.05) is 0 Å². The first kappa shape index (κ1) is 12.9. The van der Waals surface area contributed by atoms with Crippen LogP contribution in [0.15, 0.2) is 23.1 Å². The molecule has 0 saturated heterocycles. The number of halogens is 2. The van der Waals surface area contributed by atoms with E-state index in [-0.39, 0.29) is 0 Å². The van der Waals surface area contributed by atoms with E-state index >= 15 is 0 Å². The number of hydrogen-bond donors (Lipinski definition) is 1. The second-order valence-electron chi connectivity index (χ2n) is 4.11. The summed E-state index contributed by atoms with van der Waals surface area (Å²) in [6.45, 7) is 0. The molecule has 0 bridgehead atoms. The maximum Gasteiger partial charge on any atom is 0.444 e. The van der Waals surface area contributed by atoms with Gasteiger partial charge in [0.05, 0.1) is 4.90 Å². The molecule has 98 valence electrons. The van der Waals surface area contributed by atoms with E-state index in [1.807, 2.05) is 0 Å². The molecule has 0 spiro atoms. The number of fused-ring (bicyclic) bond motifs is 1. The first-order chi connectivity index (χ1) is 8.26. The first-order valence-electron chi connectivity index (χ1n) is 5.24. The summed E-state index contributed by atoms with van der Waals surface area (Å²) >= 11 is 0. The molecule has 1 aromatic rings. The van der Waals surface area contributed by atoms with Gasteiger partial charge < -0.3 is 5.11 Å². The van der Waals surface area contributed by atoms with Gasteiger partial charge in [-0.1, -0.05) is 6.07 Å². The standard InChI is InChI=1S/C11H10F2O4S/c12-11(13,10(14)15)18(16,17)9-5-4-7-2-1-3-8(7)6-9/h4-6H,1-3H2,(H,14,15). The molecule has 1 N–H and O–H groups in total. The van der Waals surface area contributed by atoms with Crippen molar-refractivity contribution >= 4 is 15.8 Å². The Labute approximate surface area is 102 Å². The molecule has 0 atom stereocenters. The maximum absolute atomic E-state index is 13.2. The molecule has 0 fully saturated rings. The van der Waals surface area contributed by atoms with E-state index in [2.05, 4.69) is 0 Å². The molecule has 0 heterocycles. The minimum absolute atomic E-state index is 0.622. The smallest absolute Gasteiger partial charge is 0.444 e. The van der Waals surface area contributed by atoms with Crippen LogP contribution >= 0.6 is 0 Å². The lowest BCUT2D eigenvalue weighted by Crippen LogP contribution is -2.37. The van der Waals surface area contributed by atoms with E-state index in [0.29, 0.717) is 12.0 Å². The highest BCUT2D eigenvalue weighted by Gasteiger charge is 2.54. The van der Waals surface area contributed by atoms with E-state index < -0.39 is 26.0 Å². The number of aliphatic carboxylic acids is 1. The van der Waals surface area contributed by atoms with Crippen molar-refractivity contribution in [1.29, 1.82) is 0 Å². The summed E-state index contributed by atoms with van der Waals surface area (Å²) in [6.07, 6.45) is 2.25. The summed E-state index contributed by atoms with van der Waals surface area (Å²) in [5, 5.41) is 3.50. The van der Waals surface area contributed by atoms with Gasteiger partial charge in [-0.3, -0.25) is 0 Å². The number of aryl methyl sites for hydroxylation is 2. The summed E-state index contributed by atoms with van der Waals surface area (Å²) in [6, 6.07) is 3.65. The van der Waals surface area contributed by atoms with Gasteiger partial charge in [-0.2, -0.15) is 8.78 Å². The zero-order chi connectivity index (χ0) is 13.6. The quantitative estimate of drug-likeness (QED) is 0.910. The highest BCUT2D eigenvalue weighted by Crippen LogP contribution is 2.32. The Balaban J connectivity index is 2.52. The lowest BCUT2D eigenvalue weighted by atomic mass is 10.1. The van der Waals surface area contributed by atoms with Gasteiger partial charge in [-0.05, 0) is 42.5 Å². The minimum Gasteiger partial charge on any atom is -0.476 e. The molecule has 18 heavy (non-hydrogen) atoms. The molecule has 0 unspecified atom stereocenters. The predicted octanol–water partition coefficient (Wildman–Crippen LogP) is 1.63. The number of hydrogen-bond acceptors (Lipinski definition) is 3. The van der Waals surface area contributed by atoms with Gasteiger partial charge in [0.2, 0.25) is 0 Å². The van der Waals surface area contributed by atoms with Crippen LogP contribution in [0.2, 0.25) is 0 Å². The summed E-state index contributed by atoms with van der Waals surface area (Å²) in [7, 11) is -5.19. The van der Waals surface area contributed by atoms with Crippen LogP contribution in [-0.4, -0.2) is 24.7 Å². The van der Waals surface area contributed by atoms with Crippen molar-refractivity contribution in [2.24, 2.45) is 0 Å². The molecule has 0 amide bonds. The number of carbonyl (C=O) groups is 1. The molecule has 1 aliphatic rings. The van der Waals surface area contributed by atoms with Crippen LogP contribution in [0.4, 0.5) is 8.78 Å². The van der Waals surface area contributed by atoms with Crippen molar-refractivity contribution in [3.8, 4) is 0 Å². The topological polar surface area (TPSA) is 71.4 Å². The Bertz CT molecular complexity index is 607. The van der Waals surface area contributed by atoms with Crippen molar-refractivity contribution in [2.45, 2.75) is 29.4 Å². The number of benzene rings is 1. The summed E-state index contributed by atoms with van der Waals surface area (Å²) in [4.78, 5) is 9.70. The van der Waals surface area contributed by atoms with Gasteiger partial charge in [0.1, 0.15) is 0 Å². The minimum atomic E-state index is -5.19. The molecule has 7 heteroatoms. The maximum atomic E-state index is 13.2. The fraction of sp³-hybridized carbons (Fsp3) is 0.364. The van der Waals surface area contributed by atoms with Crippen LogP contribution in [0.5, 0.6) is 0 Å². The molecule has 0 radical (unpaired) electrons. The van der Waals surface area contributed by atoms with Crippen LogP contribution < -0.4 is 0 Å². The van der Waals surface area contributed by atoms with E-state index in [4.69, 9.17) is 5.11 Å². The van der Waals surface area contributed by atoms with E-state index in [9.17, 15) is 22.0 Å². The SMILES string of the molecule is O=C(O)C(F)(F)S(=O)(=O)c1ccc2c(c1)CCC2. The van der Waals surface area contributed by atoms with E-state index in [1.165, 1.54) is 6.07 Å². The van der Waals surface area contributed by atoms with Gasteiger partial charge >= 0.3 is 11.2 Å². The number of carboxylic acid groups (broad SMARTS) is 1. The van der Waals surface area contributed by atoms with Crippen LogP contribution in [0.1, 0.15) is 17.5 Å². The lowest BCUT2D eigenvalue weighted by molar-refractivity contribution is -0.153. The number of alkyl halides is 2. The zero-order valence-corrected chi connectivity index (χ0v) is 10.0. The Hall–Kier alpha value is -1.50.